The normalized spacial score (nSPS) is 11.9. The summed E-state index contributed by atoms with van der Waals surface area (Å²) >= 11 is 0. The van der Waals surface area contributed by atoms with Gasteiger partial charge in [0.15, 0.2) is 0 Å². The van der Waals surface area contributed by atoms with Gasteiger partial charge < -0.3 is 13.7 Å². The van der Waals surface area contributed by atoms with Crippen molar-refractivity contribution >= 4 is 65.4 Å². The molecule has 11 rings (SSSR count). The lowest BCUT2D eigenvalue weighted by Crippen LogP contribution is -1.96. The molecular formula is C48H31N3. The highest BCUT2D eigenvalue weighted by molar-refractivity contribution is 6.13. The summed E-state index contributed by atoms with van der Waals surface area (Å²) in [5.41, 5.74) is 13.2. The minimum absolute atomic E-state index is 1.15. The Morgan fingerprint density at radius 2 is 0.569 bits per heavy atom. The summed E-state index contributed by atoms with van der Waals surface area (Å²) in [7, 11) is 0. The summed E-state index contributed by atoms with van der Waals surface area (Å²) in [4.78, 5) is 0. The second kappa shape index (κ2) is 10.8. The van der Waals surface area contributed by atoms with Gasteiger partial charge >= 0.3 is 0 Å². The van der Waals surface area contributed by atoms with E-state index in [1.54, 1.807) is 0 Å². The van der Waals surface area contributed by atoms with Crippen molar-refractivity contribution in [3.8, 4) is 28.2 Å². The van der Waals surface area contributed by atoms with Gasteiger partial charge in [0, 0.05) is 49.4 Å². The van der Waals surface area contributed by atoms with Crippen molar-refractivity contribution in [2.45, 2.75) is 0 Å². The highest BCUT2D eigenvalue weighted by atomic mass is 15.0. The number of hydrogen-bond donors (Lipinski definition) is 0. The zero-order valence-electron chi connectivity index (χ0n) is 27.7. The third-order valence-corrected chi connectivity index (χ3v) is 10.6. The van der Waals surface area contributed by atoms with Crippen LogP contribution in [0.5, 0.6) is 0 Å². The number of para-hydroxylation sites is 5. The summed E-state index contributed by atoms with van der Waals surface area (Å²) in [6.45, 7) is 0. The van der Waals surface area contributed by atoms with E-state index in [4.69, 9.17) is 0 Å². The molecule has 3 heteroatoms. The van der Waals surface area contributed by atoms with Crippen molar-refractivity contribution in [1.82, 2.24) is 13.7 Å². The van der Waals surface area contributed by atoms with Gasteiger partial charge in [-0.2, -0.15) is 0 Å². The third-order valence-electron chi connectivity index (χ3n) is 10.6. The Kier molecular flexibility index (Phi) is 5.96. The van der Waals surface area contributed by atoms with Crippen molar-refractivity contribution in [2.24, 2.45) is 0 Å². The minimum Gasteiger partial charge on any atom is -0.309 e. The Morgan fingerprint density at radius 3 is 1.12 bits per heavy atom. The van der Waals surface area contributed by atoms with Gasteiger partial charge in [0.25, 0.3) is 0 Å². The summed E-state index contributed by atoms with van der Waals surface area (Å²) < 4.78 is 7.17. The lowest BCUT2D eigenvalue weighted by molar-refractivity contribution is 1.17. The molecule has 0 atom stereocenters. The molecule has 3 nitrogen and oxygen atoms in total. The van der Waals surface area contributed by atoms with Gasteiger partial charge in [-0.25, -0.2) is 0 Å². The van der Waals surface area contributed by atoms with Crippen LogP contribution in [0, 0.1) is 0 Å². The van der Waals surface area contributed by atoms with Gasteiger partial charge in [0.1, 0.15) is 0 Å². The molecule has 0 saturated carbocycles. The smallest absolute Gasteiger partial charge is 0.0542 e. The zero-order valence-corrected chi connectivity index (χ0v) is 27.7. The molecule has 0 unspecified atom stereocenters. The molecule has 0 aliphatic heterocycles. The Balaban J connectivity index is 1.04. The lowest BCUT2D eigenvalue weighted by atomic mass is 10.0. The van der Waals surface area contributed by atoms with Gasteiger partial charge in [0.2, 0.25) is 0 Å². The molecule has 0 saturated heterocycles. The van der Waals surface area contributed by atoms with Crippen LogP contribution < -0.4 is 0 Å². The molecule has 0 bridgehead atoms. The number of fused-ring (bicyclic) bond motifs is 9. The molecular weight excluding hydrogens is 619 g/mol. The molecule has 8 aromatic carbocycles. The number of hydrogen-bond acceptors (Lipinski definition) is 0. The van der Waals surface area contributed by atoms with Crippen molar-refractivity contribution in [1.29, 1.82) is 0 Å². The predicted molar refractivity (Wildman–Crippen MR) is 215 cm³/mol. The predicted octanol–water partition coefficient (Wildman–Crippen LogP) is 12.6. The first-order valence-corrected chi connectivity index (χ1v) is 17.5. The Hall–Kier alpha value is -6.84. The van der Waals surface area contributed by atoms with E-state index in [2.05, 4.69) is 202 Å². The average Bonchev–Trinajstić information content (AvgIpc) is 3.84. The number of nitrogens with zero attached hydrogens (tertiary/aromatic N) is 3. The van der Waals surface area contributed by atoms with Crippen molar-refractivity contribution in [3.63, 3.8) is 0 Å². The molecule has 0 aliphatic rings. The van der Waals surface area contributed by atoms with Crippen LogP contribution in [0.2, 0.25) is 0 Å². The molecule has 0 fully saturated rings. The Morgan fingerprint density at radius 1 is 0.216 bits per heavy atom. The van der Waals surface area contributed by atoms with Crippen LogP contribution in [-0.4, -0.2) is 13.7 Å². The largest absolute Gasteiger partial charge is 0.309 e. The van der Waals surface area contributed by atoms with Crippen molar-refractivity contribution in [3.05, 3.63) is 188 Å². The van der Waals surface area contributed by atoms with Crippen LogP contribution in [0.4, 0.5) is 0 Å². The topological polar surface area (TPSA) is 14.8 Å². The first-order chi connectivity index (χ1) is 25.3. The van der Waals surface area contributed by atoms with E-state index in [0.29, 0.717) is 0 Å². The molecule has 3 aromatic heterocycles. The highest BCUT2D eigenvalue weighted by Gasteiger charge is 2.17. The van der Waals surface area contributed by atoms with Crippen LogP contribution in [0.3, 0.4) is 0 Å². The molecule has 11 aromatic rings. The van der Waals surface area contributed by atoms with Gasteiger partial charge in [-0.05, 0) is 90.0 Å². The van der Waals surface area contributed by atoms with E-state index in [1.807, 2.05) is 0 Å². The van der Waals surface area contributed by atoms with Crippen LogP contribution in [-0.2, 0) is 0 Å². The quantitative estimate of drug-likeness (QED) is 0.180. The third kappa shape index (κ3) is 4.12. The maximum absolute atomic E-state index is 2.40. The fraction of sp³-hybridized carbons (Fsp3) is 0. The zero-order chi connectivity index (χ0) is 33.5. The second-order valence-electron chi connectivity index (χ2n) is 13.4. The maximum Gasteiger partial charge on any atom is 0.0542 e. The summed E-state index contributed by atoms with van der Waals surface area (Å²) in [6.07, 6.45) is 0. The van der Waals surface area contributed by atoms with E-state index in [9.17, 15) is 0 Å². The van der Waals surface area contributed by atoms with Crippen LogP contribution in [0.15, 0.2) is 188 Å². The Labute approximate surface area is 294 Å². The monoisotopic (exact) mass is 649 g/mol. The summed E-state index contributed by atoms with van der Waals surface area (Å²) in [5.74, 6) is 0. The molecule has 3 heterocycles. The fourth-order valence-electron chi connectivity index (χ4n) is 8.39. The minimum atomic E-state index is 1.15. The average molecular weight is 650 g/mol. The van der Waals surface area contributed by atoms with Crippen LogP contribution in [0.1, 0.15) is 0 Å². The molecule has 0 aliphatic carbocycles. The molecule has 0 N–H and O–H groups in total. The van der Waals surface area contributed by atoms with Gasteiger partial charge in [-0.15, -0.1) is 0 Å². The summed E-state index contributed by atoms with van der Waals surface area (Å²) in [5, 5.41) is 7.57. The fourth-order valence-corrected chi connectivity index (χ4v) is 8.39. The van der Waals surface area contributed by atoms with Gasteiger partial charge in [-0.3, -0.25) is 0 Å². The first kappa shape index (κ1) is 28.0. The van der Waals surface area contributed by atoms with E-state index in [1.165, 1.54) is 87.9 Å². The summed E-state index contributed by atoms with van der Waals surface area (Å²) in [6, 6.07) is 68.4. The molecule has 0 spiro atoms. The van der Waals surface area contributed by atoms with E-state index in [0.717, 1.165) is 5.69 Å². The highest BCUT2D eigenvalue weighted by Crippen LogP contribution is 2.38. The second-order valence-corrected chi connectivity index (χ2v) is 13.4. The molecule has 51 heavy (non-hydrogen) atoms. The SMILES string of the molecule is c1ccc(-n2c3ccccc3c3cc(-c4ccc(-n5c6ccccc6c6cc(-n7c8ccccc8c8ccccc87)ccc65)cc4)ccc32)cc1. The van der Waals surface area contributed by atoms with E-state index in [-0.39, 0.29) is 0 Å². The molecule has 0 amide bonds. The lowest BCUT2D eigenvalue weighted by Gasteiger charge is -2.11. The van der Waals surface area contributed by atoms with Crippen LogP contribution >= 0.6 is 0 Å². The van der Waals surface area contributed by atoms with Crippen molar-refractivity contribution < 1.29 is 0 Å². The molecule has 0 radical (unpaired) electrons. The maximum atomic E-state index is 2.40. The Bertz CT molecular complexity index is 3070. The van der Waals surface area contributed by atoms with Crippen molar-refractivity contribution in [2.75, 3.05) is 0 Å². The number of rotatable bonds is 4. The van der Waals surface area contributed by atoms with E-state index < -0.39 is 0 Å². The first-order valence-electron chi connectivity index (χ1n) is 17.5. The number of aromatic nitrogens is 3. The van der Waals surface area contributed by atoms with E-state index >= 15 is 0 Å². The van der Waals surface area contributed by atoms with Gasteiger partial charge in [0.05, 0.1) is 33.1 Å². The van der Waals surface area contributed by atoms with Gasteiger partial charge in [-0.1, -0.05) is 109 Å². The standard InChI is InChI=1S/C48H31N3/c1-2-12-34(13-3-1)49-45-20-10-6-16-39(45)41-30-33(24-28-47(41)49)32-22-25-35(26-23-32)50-46-21-11-7-17-40(46)42-31-36(27-29-48(42)50)51-43-18-8-4-14-37(43)38-15-5-9-19-44(38)51/h1-31H. The molecule has 238 valence electrons. The van der Waals surface area contributed by atoms with Crippen LogP contribution in [0.25, 0.3) is 93.6 Å². The number of benzene rings is 8.